The molecule has 0 spiro atoms. The minimum atomic E-state index is 0.265. The summed E-state index contributed by atoms with van der Waals surface area (Å²) in [4.78, 5) is 17.6. The number of aromatic nitrogens is 1. The van der Waals surface area contributed by atoms with E-state index in [4.69, 9.17) is 0 Å². The number of hydrogen-bond donors (Lipinski definition) is 0. The second-order valence-electron chi connectivity index (χ2n) is 4.92. The van der Waals surface area contributed by atoms with E-state index in [0.717, 1.165) is 19.4 Å². The van der Waals surface area contributed by atoms with Crippen LogP contribution in [0.15, 0.2) is 30.1 Å². The lowest BCUT2D eigenvalue weighted by molar-refractivity contribution is -0.116. The van der Waals surface area contributed by atoms with Crippen LogP contribution in [0, 0.1) is 0 Å². The molecule has 1 aliphatic heterocycles. The van der Waals surface area contributed by atoms with Crippen LogP contribution < -0.4 is 0 Å². The highest BCUT2D eigenvalue weighted by Gasteiger charge is 2.18. The highest BCUT2D eigenvalue weighted by molar-refractivity contribution is 5.76. The van der Waals surface area contributed by atoms with E-state index >= 15 is 0 Å². The summed E-state index contributed by atoms with van der Waals surface area (Å²) in [5.41, 5.74) is 3.83. The smallest absolute Gasteiger partial charge is 0.130 e. The van der Waals surface area contributed by atoms with Crippen LogP contribution in [0.25, 0.3) is 5.70 Å². The zero-order chi connectivity index (χ0) is 13.0. The lowest BCUT2D eigenvalue weighted by Crippen LogP contribution is -2.24. The van der Waals surface area contributed by atoms with Gasteiger partial charge in [-0.2, -0.15) is 0 Å². The fraction of sp³-hybridized carbons (Fsp3) is 0.467. The van der Waals surface area contributed by atoms with E-state index in [1.165, 1.54) is 23.3 Å². The molecule has 18 heavy (non-hydrogen) atoms. The molecule has 3 heteroatoms. The first kappa shape index (κ1) is 12.8. The predicted octanol–water partition coefficient (Wildman–Crippen LogP) is 2.89. The predicted molar refractivity (Wildman–Crippen MR) is 72.9 cm³/mol. The monoisotopic (exact) mass is 244 g/mol. The van der Waals surface area contributed by atoms with Gasteiger partial charge >= 0.3 is 0 Å². The van der Waals surface area contributed by atoms with Gasteiger partial charge in [-0.1, -0.05) is 0 Å². The number of Topliss-reactive ketones (excluding diaryl/α,β-unsaturated/α-hetero) is 1. The lowest BCUT2D eigenvalue weighted by atomic mass is 9.94. The third-order valence-electron chi connectivity index (χ3n) is 3.40. The van der Waals surface area contributed by atoms with Crippen molar-refractivity contribution in [3.8, 4) is 0 Å². The van der Waals surface area contributed by atoms with Crippen molar-refractivity contribution in [2.75, 3.05) is 13.6 Å². The molecule has 0 aromatic carbocycles. The van der Waals surface area contributed by atoms with E-state index in [9.17, 15) is 4.79 Å². The molecule has 0 aliphatic carbocycles. The van der Waals surface area contributed by atoms with Crippen molar-refractivity contribution in [1.82, 2.24) is 9.88 Å². The number of hydrogen-bond acceptors (Lipinski definition) is 3. The van der Waals surface area contributed by atoms with Crippen LogP contribution in [-0.4, -0.2) is 29.3 Å². The van der Waals surface area contributed by atoms with Crippen LogP contribution in [0.5, 0.6) is 0 Å². The number of pyridine rings is 1. The minimum absolute atomic E-state index is 0.265. The number of carbonyl (C=O) groups is 1. The van der Waals surface area contributed by atoms with Crippen molar-refractivity contribution in [3.05, 3.63) is 35.7 Å². The first-order chi connectivity index (χ1) is 8.68. The topological polar surface area (TPSA) is 33.2 Å². The first-order valence-corrected chi connectivity index (χ1v) is 6.51. The Kier molecular flexibility index (Phi) is 4.13. The van der Waals surface area contributed by atoms with Gasteiger partial charge in [0.15, 0.2) is 0 Å². The van der Waals surface area contributed by atoms with Gasteiger partial charge in [0.25, 0.3) is 0 Å². The minimum Gasteiger partial charge on any atom is -0.374 e. The third kappa shape index (κ3) is 2.97. The molecule has 0 amide bonds. The Morgan fingerprint density at radius 3 is 3.00 bits per heavy atom. The molecule has 0 saturated heterocycles. The lowest BCUT2D eigenvalue weighted by Gasteiger charge is -2.31. The van der Waals surface area contributed by atoms with Crippen LogP contribution in [0.2, 0.25) is 0 Å². The van der Waals surface area contributed by atoms with Crippen molar-refractivity contribution >= 4 is 11.5 Å². The molecule has 2 rings (SSSR count). The highest BCUT2D eigenvalue weighted by atomic mass is 16.1. The normalized spacial score (nSPS) is 16.0. The van der Waals surface area contributed by atoms with Crippen LogP contribution in [-0.2, 0) is 4.79 Å². The van der Waals surface area contributed by atoms with E-state index in [-0.39, 0.29) is 5.78 Å². The molecule has 0 bridgehead atoms. The van der Waals surface area contributed by atoms with Crippen LogP contribution >= 0.6 is 0 Å². The fourth-order valence-electron chi connectivity index (χ4n) is 2.53. The van der Waals surface area contributed by atoms with Gasteiger partial charge in [0.2, 0.25) is 0 Å². The van der Waals surface area contributed by atoms with Crippen molar-refractivity contribution in [2.45, 2.75) is 32.6 Å². The van der Waals surface area contributed by atoms with Gasteiger partial charge in [-0.3, -0.25) is 4.98 Å². The maximum Gasteiger partial charge on any atom is 0.130 e. The molecular formula is C15H20N2O. The van der Waals surface area contributed by atoms with Gasteiger partial charge in [-0.25, -0.2) is 0 Å². The molecule has 0 atom stereocenters. The van der Waals surface area contributed by atoms with Crippen molar-refractivity contribution in [1.29, 1.82) is 0 Å². The van der Waals surface area contributed by atoms with Crippen molar-refractivity contribution in [2.24, 2.45) is 0 Å². The number of allylic oxidation sites excluding steroid dienone is 1. The quantitative estimate of drug-likeness (QED) is 0.816. The SMILES string of the molecule is CC(=O)CCC1=C(c2cccnc2)N(C)CCC1. The van der Waals surface area contributed by atoms with E-state index in [0.29, 0.717) is 6.42 Å². The third-order valence-corrected chi connectivity index (χ3v) is 3.40. The number of rotatable bonds is 4. The second-order valence-corrected chi connectivity index (χ2v) is 4.92. The molecule has 0 N–H and O–H groups in total. The van der Waals surface area contributed by atoms with Gasteiger partial charge in [-0.15, -0.1) is 0 Å². The fourth-order valence-corrected chi connectivity index (χ4v) is 2.53. The molecule has 0 fully saturated rings. The van der Waals surface area contributed by atoms with Gasteiger partial charge in [0.05, 0.1) is 0 Å². The molecular weight excluding hydrogens is 224 g/mol. The van der Waals surface area contributed by atoms with Gasteiger partial charge in [0, 0.05) is 43.7 Å². The zero-order valence-electron chi connectivity index (χ0n) is 11.1. The Labute approximate surface area is 109 Å². The van der Waals surface area contributed by atoms with E-state index in [1.807, 2.05) is 12.3 Å². The summed E-state index contributed by atoms with van der Waals surface area (Å²) in [6, 6.07) is 4.06. The van der Waals surface area contributed by atoms with Gasteiger partial charge < -0.3 is 9.69 Å². The van der Waals surface area contributed by atoms with Crippen molar-refractivity contribution in [3.63, 3.8) is 0 Å². The highest BCUT2D eigenvalue weighted by Crippen LogP contribution is 2.31. The Hall–Kier alpha value is -1.64. The van der Waals surface area contributed by atoms with Gasteiger partial charge in [0.1, 0.15) is 5.78 Å². The van der Waals surface area contributed by atoms with Crippen LogP contribution in [0.1, 0.15) is 38.2 Å². The Bertz CT molecular complexity index is 451. The average Bonchev–Trinajstić information content (AvgIpc) is 2.37. The molecule has 0 saturated carbocycles. The van der Waals surface area contributed by atoms with E-state index < -0.39 is 0 Å². The van der Waals surface area contributed by atoms with Crippen LogP contribution in [0.4, 0.5) is 0 Å². The molecule has 0 unspecified atom stereocenters. The standard InChI is InChI=1S/C15H20N2O/c1-12(18)7-8-13-6-4-10-17(2)15(13)14-5-3-9-16-11-14/h3,5,9,11H,4,6-8,10H2,1-2H3. The molecule has 1 aromatic rings. The largest absolute Gasteiger partial charge is 0.374 e. The summed E-state index contributed by atoms with van der Waals surface area (Å²) in [6.45, 7) is 2.74. The zero-order valence-corrected chi connectivity index (χ0v) is 11.1. The summed E-state index contributed by atoms with van der Waals surface area (Å²) >= 11 is 0. The van der Waals surface area contributed by atoms with Crippen molar-refractivity contribution < 1.29 is 4.79 Å². The molecule has 0 radical (unpaired) electrons. The summed E-state index contributed by atoms with van der Waals surface area (Å²) < 4.78 is 0. The molecule has 96 valence electrons. The van der Waals surface area contributed by atoms with Gasteiger partial charge in [-0.05, 0) is 43.9 Å². The maximum absolute atomic E-state index is 11.2. The summed E-state index contributed by atoms with van der Waals surface area (Å²) in [5.74, 6) is 0.265. The van der Waals surface area contributed by atoms with E-state index in [2.05, 4.69) is 23.0 Å². The Morgan fingerprint density at radius 2 is 2.33 bits per heavy atom. The molecule has 1 aromatic heterocycles. The average molecular weight is 244 g/mol. The Balaban J connectivity index is 2.31. The number of carbonyl (C=O) groups excluding carboxylic acids is 1. The maximum atomic E-state index is 11.2. The Morgan fingerprint density at radius 1 is 1.50 bits per heavy atom. The number of ketones is 1. The summed E-state index contributed by atoms with van der Waals surface area (Å²) in [6.07, 6.45) is 7.50. The first-order valence-electron chi connectivity index (χ1n) is 6.51. The molecule has 2 heterocycles. The van der Waals surface area contributed by atoms with Crippen LogP contribution in [0.3, 0.4) is 0 Å². The number of nitrogens with zero attached hydrogens (tertiary/aromatic N) is 2. The molecule has 3 nitrogen and oxygen atoms in total. The summed E-state index contributed by atoms with van der Waals surface area (Å²) in [5, 5.41) is 0. The molecule has 1 aliphatic rings. The summed E-state index contributed by atoms with van der Waals surface area (Å²) in [7, 11) is 2.12. The second kappa shape index (κ2) is 5.80. The van der Waals surface area contributed by atoms with E-state index in [1.54, 1.807) is 13.1 Å².